The molecule has 152 valence electrons. The SMILES string of the molecule is COc1ccc(Cl)cc1N([C@@H](C)C(=O)NC1CCCCCCC1)S(C)(=O)=O. The number of nitrogens with one attached hydrogen (secondary N) is 1. The lowest BCUT2D eigenvalue weighted by Crippen LogP contribution is -2.50. The number of anilines is 1. The summed E-state index contributed by atoms with van der Waals surface area (Å²) in [6.45, 7) is 1.58. The molecule has 0 unspecified atom stereocenters. The summed E-state index contributed by atoms with van der Waals surface area (Å²) < 4.78 is 31.4. The highest BCUT2D eigenvalue weighted by molar-refractivity contribution is 7.92. The molecule has 1 saturated carbocycles. The van der Waals surface area contributed by atoms with Crippen LogP contribution in [0.25, 0.3) is 0 Å². The van der Waals surface area contributed by atoms with Gasteiger partial charge in [-0.1, -0.05) is 43.7 Å². The highest BCUT2D eigenvalue weighted by Crippen LogP contribution is 2.34. The summed E-state index contributed by atoms with van der Waals surface area (Å²) in [5, 5.41) is 3.41. The topological polar surface area (TPSA) is 75.7 Å². The van der Waals surface area contributed by atoms with Gasteiger partial charge in [-0.3, -0.25) is 9.10 Å². The number of hydrogen-bond acceptors (Lipinski definition) is 4. The summed E-state index contributed by atoms with van der Waals surface area (Å²) in [7, 11) is -2.28. The van der Waals surface area contributed by atoms with E-state index in [0.717, 1.165) is 36.2 Å². The Labute approximate surface area is 167 Å². The molecule has 0 bridgehead atoms. The second-order valence-electron chi connectivity index (χ2n) is 7.10. The van der Waals surface area contributed by atoms with Crippen LogP contribution in [0.15, 0.2) is 18.2 Å². The lowest BCUT2D eigenvalue weighted by atomic mass is 9.96. The van der Waals surface area contributed by atoms with E-state index in [4.69, 9.17) is 16.3 Å². The van der Waals surface area contributed by atoms with Crippen LogP contribution in [-0.4, -0.2) is 39.8 Å². The maximum Gasteiger partial charge on any atom is 0.243 e. The Morgan fingerprint density at radius 3 is 2.37 bits per heavy atom. The third-order valence-electron chi connectivity index (χ3n) is 4.92. The van der Waals surface area contributed by atoms with Crippen LogP contribution in [-0.2, 0) is 14.8 Å². The largest absolute Gasteiger partial charge is 0.495 e. The number of carbonyl (C=O) groups is 1. The Bertz CT molecular complexity index is 746. The molecule has 1 aliphatic rings. The van der Waals surface area contributed by atoms with Crippen molar-refractivity contribution in [1.82, 2.24) is 5.32 Å². The monoisotopic (exact) mass is 416 g/mol. The summed E-state index contributed by atoms with van der Waals surface area (Å²) in [6.07, 6.45) is 8.69. The van der Waals surface area contributed by atoms with Crippen molar-refractivity contribution in [3.63, 3.8) is 0 Å². The van der Waals surface area contributed by atoms with Gasteiger partial charge in [-0.2, -0.15) is 0 Å². The van der Waals surface area contributed by atoms with Gasteiger partial charge in [0.1, 0.15) is 11.8 Å². The first-order valence-electron chi connectivity index (χ1n) is 9.37. The molecule has 8 heteroatoms. The van der Waals surface area contributed by atoms with Crippen LogP contribution in [0.3, 0.4) is 0 Å². The molecule has 1 aromatic rings. The Kier molecular flexibility index (Phi) is 7.79. The van der Waals surface area contributed by atoms with E-state index in [1.165, 1.54) is 32.4 Å². The normalized spacial score (nSPS) is 17.5. The highest BCUT2D eigenvalue weighted by Gasteiger charge is 2.32. The molecule has 0 heterocycles. The third-order valence-corrected chi connectivity index (χ3v) is 6.38. The number of benzene rings is 1. The molecule has 1 N–H and O–H groups in total. The van der Waals surface area contributed by atoms with Crippen LogP contribution in [0.5, 0.6) is 5.75 Å². The molecular weight excluding hydrogens is 388 g/mol. The van der Waals surface area contributed by atoms with Crippen LogP contribution in [0.2, 0.25) is 5.02 Å². The molecule has 6 nitrogen and oxygen atoms in total. The van der Waals surface area contributed by atoms with Gasteiger partial charge in [-0.15, -0.1) is 0 Å². The summed E-state index contributed by atoms with van der Waals surface area (Å²) in [6, 6.07) is 3.88. The third kappa shape index (κ3) is 6.01. The maximum atomic E-state index is 12.9. The molecule has 27 heavy (non-hydrogen) atoms. The predicted octanol–water partition coefficient (Wildman–Crippen LogP) is 3.73. The van der Waals surface area contributed by atoms with Crippen molar-refractivity contribution in [3.8, 4) is 5.75 Å². The van der Waals surface area contributed by atoms with E-state index < -0.39 is 16.1 Å². The Balaban J connectivity index is 2.26. The van der Waals surface area contributed by atoms with E-state index >= 15 is 0 Å². The first-order chi connectivity index (χ1) is 12.7. The van der Waals surface area contributed by atoms with Crippen molar-refractivity contribution in [2.24, 2.45) is 0 Å². The van der Waals surface area contributed by atoms with Gasteiger partial charge in [0, 0.05) is 11.1 Å². The van der Waals surface area contributed by atoms with Crippen LogP contribution in [0.4, 0.5) is 5.69 Å². The fraction of sp³-hybridized carbons (Fsp3) is 0.632. The van der Waals surface area contributed by atoms with E-state index in [0.29, 0.717) is 10.8 Å². The average molecular weight is 417 g/mol. The van der Waals surface area contributed by atoms with Gasteiger partial charge >= 0.3 is 0 Å². The van der Waals surface area contributed by atoms with Crippen LogP contribution < -0.4 is 14.4 Å². The number of ether oxygens (including phenoxy) is 1. The molecular formula is C19H29ClN2O4S. The van der Waals surface area contributed by atoms with E-state index in [1.807, 2.05) is 0 Å². The Hall–Kier alpha value is -1.47. The molecule has 0 aromatic heterocycles. The fourth-order valence-corrected chi connectivity index (χ4v) is 4.88. The van der Waals surface area contributed by atoms with E-state index in [-0.39, 0.29) is 17.6 Å². The summed E-state index contributed by atoms with van der Waals surface area (Å²) >= 11 is 6.06. The van der Waals surface area contributed by atoms with Gasteiger partial charge in [-0.25, -0.2) is 8.42 Å². The van der Waals surface area contributed by atoms with E-state index in [2.05, 4.69) is 5.32 Å². The first-order valence-corrected chi connectivity index (χ1v) is 11.6. The lowest BCUT2D eigenvalue weighted by Gasteiger charge is -2.31. The molecule has 1 aromatic carbocycles. The van der Waals surface area contributed by atoms with Gasteiger partial charge in [0.25, 0.3) is 0 Å². The van der Waals surface area contributed by atoms with Crippen molar-refractivity contribution in [1.29, 1.82) is 0 Å². The fourth-order valence-electron chi connectivity index (χ4n) is 3.54. The number of carbonyl (C=O) groups excluding carboxylic acids is 1. The van der Waals surface area contributed by atoms with E-state index in [1.54, 1.807) is 19.1 Å². The van der Waals surface area contributed by atoms with Crippen LogP contribution in [0.1, 0.15) is 51.9 Å². The number of hydrogen-bond donors (Lipinski definition) is 1. The van der Waals surface area contributed by atoms with Crippen molar-refractivity contribution in [3.05, 3.63) is 23.2 Å². The molecule has 0 saturated heterocycles. The second-order valence-corrected chi connectivity index (χ2v) is 9.40. The maximum absolute atomic E-state index is 12.9. The smallest absolute Gasteiger partial charge is 0.243 e. The van der Waals surface area contributed by atoms with Crippen molar-refractivity contribution >= 4 is 33.2 Å². The zero-order valence-corrected chi connectivity index (χ0v) is 17.8. The minimum Gasteiger partial charge on any atom is -0.495 e. The van der Waals surface area contributed by atoms with Gasteiger partial charge < -0.3 is 10.1 Å². The van der Waals surface area contributed by atoms with Gasteiger partial charge in [0.05, 0.1) is 19.1 Å². The lowest BCUT2D eigenvalue weighted by molar-refractivity contribution is -0.122. The van der Waals surface area contributed by atoms with Crippen molar-refractivity contribution < 1.29 is 17.9 Å². The predicted molar refractivity (Wildman–Crippen MR) is 109 cm³/mol. The minimum atomic E-state index is -3.73. The average Bonchev–Trinajstić information content (AvgIpc) is 2.56. The molecule has 1 amide bonds. The molecule has 0 aliphatic heterocycles. The number of methoxy groups -OCH3 is 1. The van der Waals surface area contributed by atoms with Crippen LogP contribution >= 0.6 is 11.6 Å². The van der Waals surface area contributed by atoms with Gasteiger partial charge in [0.15, 0.2) is 0 Å². The zero-order chi connectivity index (χ0) is 20.0. The summed E-state index contributed by atoms with van der Waals surface area (Å²) in [5.41, 5.74) is 0.257. The number of amides is 1. The molecule has 1 fully saturated rings. The quantitative estimate of drug-likeness (QED) is 0.766. The standard InChI is InChI=1S/C19H29ClN2O4S/c1-14(19(23)21-16-9-7-5-4-6-8-10-16)22(27(3,24)25)17-13-15(20)11-12-18(17)26-2/h11-14,16H,4-10H2,1-3H3,(H,21,23)/t14-/m0/s1. The number of halogens is 1. The van der Waals surface area contributed by atoms with E-state index in [9.17, 15) is 13.2 Å². The second kappa shape index (κ2) is 9.64. The molecule has 0 radical (unpaired) electrons. The molecule has 0 spiro atoms. The highest BCUT2D eigenvalue weighted by atomic mass is 35.5. The number of nitrogens with zero attached hydrogens (tertiary/aromatic N) is 1. The van der Waals surface area contributed by atoms with Gasteiger partial charge in [-0.05, 0) is 38.0 Å². The number of sulfonamides is 1. The Morgan fingerprint density at radius 1 is 1.22 bits per heavy atom. The zero-order valence-electron chi connectivity index (χ0n) is 16.2. The summed E-state index contributed by atoms with van der Waals surface area (Å²) in [5.74, 6) is 0.0310. The summed E-state index contributed by atoms with van der Waals surface area (Å²) in [4.78, 5) is 12.9. The number of rotatable bonds is 6. The first kappa shape index (κ1) is 21.8. The van der Waals surface area contributed by atoms with Crippen molar-refractivity contribution in [2.75, 3.05) is 17.7 Å². The van der Waals surface area contributed by atoms with Crippen molar-refractivity contribution in [2.45, 2.75) is 64.0 Å². The van der Waals surface area contributed by atoms with Gasteiger partial charge in [0.2, 0.25) is 15.9 Å². The Morgan fingerprint density at radius 2 is 1.81 bits per heavy atom. The molecule has 1 aliphatic carbocycles. The minimum absolute atomic E-state index is 0.0860. The molecule has 2 rings (SSSR count). The van der Waals surface area contributed by atoms with Crippen LogP contribution in [0, 0.1) is 0 Å². The molecule has 1 atom stereocenters.